The number of aryl methyl sites for hydroxylation is 2. The Morgan fingerprint density at radius 1 is 1.28 bits per heavy atom. The van der Waals surface area contributed by atoms with Crippen LogP contribution in [0.25, 0.3) is 0 Å². The third kappa shape index (κ3) is 3.23. The molecule has 102 valence electrons. The minimum absolute atomic E-state index is 0.0732. The van der Waals surface area contributed by atoms with Crippen LogP contribution in [0.1, 0.15) is 31.4 Å². The van der Waals surface area contributed by atoms with E-state index in [9.17, 15) is 8.42 Å². The summed E-state index contributed by atoms with van der Waals surface area (Å²) in [5, 5.41) is 0. The largest absolute Gasteiger partial charge is 0.497 e. The Bertz CT molecular complexity index is 500. The molecule has 0 aliphatic carbocycles. The number of hydrogen-bond acceptors (Lipinski definition) is 3. The third-order valence-corrected chi connectivity index (χ3v) is 4.80. The van der Waals surface area contributed by atoms with Crippen LogP contribution >= 0.6 is 0 Å². The third-order valence-electron chi connectivity index (χ3n) is 2.91. The molecule has 1 N–H and O–H groups in total. The molecule has 0 radical (unpaired) electrons. The van der Waals surface area contributed by atoms with Gasteiger partial charge in [0, 0.05) is 6.04 Å². The summed E-state index contributed by atoms with van der Waals surface area (Å²) in [5.41, 5.74) is 1.39. The van der Waals surface area contributed by atoms with Gasteiger partial charge in [0.25, 0.3) is 0 Å². The fourth-order valence-corrected chi connectivity index (χ4v) is 3.64. The number of rotatable bonds is 5. The van der Waals surface area contributed by atoms with Gasteiger partial charge in [-0.2, -0.15) is 0 Å². The van der Waals surface area contributed by atoms with Crippen molar-refractivity contribution in [2.45, 2.75) is 45.1 Å². The normalized spacial score (nSPS) is 13.4. The van der Waals surface area contributed by atoms with E-state index in [0.29, 0.717) is 21.8 Å². The van der Waals surface area contributed by atoms with Crippen LogP contribution in [0.15, 0.2) is 17.0 Å². The molecular formula is C13H21NO3S. The summed E-state index contributed by atoms with van der Waals surface area (Å²) in [6, 6.07) is 3.40. The second-order valence-corrected chi connectivity index (χ2v) is 6.17. The van der Waals surface area contributed by atoms with E-state index in [-0.39, 0.29) is 6.04 Å². The quantitative estimate of drug-likeness (QED) is 0.894. The summed E-state index contributed by atoms with van der Waals surface area (Å²) in [5.74, 6) is 0.674. The van der Waals surface area contributed by atoms with Crippen LogP contribution in [-0.2, 0) is 10.0 Å². The number of ether oxygens (including phenoxy) is 1. The van der Waals surface area contributed by atoms with Crippen molar-refractivity contribution in [3.63, 3.8) is 0 Å². The lowest BCUT2D eigenvalue weighted by atomic mass is 10.1. The van der Waals surface area contributed by atoms with E-state index >= 15 is 0 Å². The van der Waals surface area contributed by atoms with E-state index in [1.165, 1.54) is 0 Å². The maximum atomic E-state index is 12.3. The molecule has 0 saturated heterocycles. The second kappa shape index (κ2) is 5.71. The van der Waals surface area contributed by atoms with Crippen LogP contribution in [0.4, 0.5) is 0 Å². The van der Waals surface area contributed by atoms with Gasteiger partial charge in [0.15, 0.2) is 0 Å². The Morgan fingerprint density at radius 3 is 2.17 bits per heavy atom. The standard InChI is InChI=1S/C13H21NO3S/c1-6-11(4)14-18(15,16)13-9(2)7-12(17-5)8-10(13)3/h7-8,11,14H,6H2,1-5H3/t11-/m1/s1. The molecule has 0 aliphatic heterocycles. The van der Waals surface area contributed by atoms with Crippen LogP contribution < -0.4 is 9.46 Å². The summed E-state index contributed by atoms with van der Waals surface area (Å²) in [6.07, 6.45) is 0.757. The van der Waals surface area contributed by atoms with Gasteiger partial charge in [-0.15, -0.1) is 0 Å². The fraction of sp³-hybridized carbons (Fsp3) is 0.538. The molecule has 0 spiro atoms. The van der Waals surface area contributed by atoms with Crippen molar-refractivity contribution >= 4 is 10.0 Å². The molecule has 0 heterocycles. The average molecular weight is 271 g/mol. The molecule has 0 unspecified atom stereocenters. The Labute approximate surface area is 109 Å². The minimum Gasteiger partial charge on any atom is -0.497 e. The van der Waals surface area contributed by atoms with Crippen LogP contribution in [-0.4, -0.2) is 21.6 Å². The topological polar surface area (TPSA) is 55.4 Å². The molecule has 5 heteroatoms. The SMILES string of the molecule is CC[C@@H](C)NS(=O)(=O)c1c(C)cc(OC)cc1C. The molecule has 0 amide bonds. The second-order valence-electron chi connectivity index (χ2n) is 4.52. The zero-order valence-electron chi connectivity index (χ0n) is 11.6. The first-order chi connectivity index (χ1) is 8.31. The van der Waals surface area contributed by atoms with Crippen molar-refractivity contribution < 1.29 is 13.2 Å². The van der Waals surface area contributed by atoms with Crippen molar-refractivity contribution in [3.05, 3.63) is 23.3 Å². The lowest BCUT2D eigenvalue weighted by molar-refractivity contribution is 0.413. The number of sulfonamides is 1. The summed E-state index contributed by atoms with van der Waals surface area (Å²) in [6.45, 7) is 7.36. The predicted molar refractivity (Wildman–Crippen MR) is 72.5 cm³/mol. The number of methoxy groups -OCH3 is 1. The summed E-state index contributed by atoms with van der Waals surface area (Å²) >= 11 is 0. The molecule has 0 bridgehead atoms. The van der Waals surface area contributed by atoms with E-state index in [0.717, 1.165) is 6.42 Å². The monoisotopic (exact) mass is 271 g/mol. The maximum absolute atomic E-state index is 12.3. The van der Waals surface area contributed by atoms with E-state index in [2.05, 4.69) is 4.72 Å². The van der Waals surface area contributed by atoms with Gasteiger partial charge in [-0.1, -0.05) is 6.92 Å². The van der Waals surface area contributed by atoms with Gasteiger partial charge in [0.05, 0.1) is 12.0 Å². The van der Waals surface area contributed by atoms with Crippen LogP contribution in [0, 0.1) is 13.8 Å². The predicted octanol–water partition coefficient (Wildman–Crippen LogP) is 2.39. The molecule has 4 nitrogen and oxygen atoms in total. The van der Waals surface area contributed by atoms with Crippen LogP contribution in [0.3, 0.4) is 0 Å². The van der Waals surface area contributed by atoms with Crippen LogP contribution in [0.5, 0.6) is 5.75 Å². The highest BCUT2D eigenvalue weighted by Gasteiger charge is 2.21. The van der Waals surface area contributed by atoms with Gasteiger partial charge >= 0.3 is 0 Å². The van der Waals surface area contributed by atoms with Gasteiger partial charge in [-0.3, -0.25) is 0 Å². The number of nitrogens with one attached hydrogen (secondary N) is 1. The molecule has 0 aliphatic rings. The maximum Gasteiger partial charge on any atom is 0.241 e. The van der Waals surface area contributed by atoms with Crippen LogP contribution in [0.2, 0.25) is 0 Å². The Balaban J connectivity index is 3.25. The van der Waals surface area contributed by atoms with Crippen molar-refractivity contribution in [1.82, 2.24) is 4.72 Å². The van der Waals surface area contributed by atoms with Gasteiger partial charge in [0.2, 0.25) is 10.0 Å². The molecule has 0 saturated carbocycles. The molecule has 1 aromatic rings. The fourth-order valence-electron chi connectivity index (χ4n) is 1.86. The van der Waals surface area contributed by atoms with Gasteiger partial charge in [-0.05, 0) is 50.5 Å². The van der Waals surface area contributed by atoms with E-state index in [4.69, 9.17) is 4.74 Å². The molecular weight excluding hydrogens is 250 g/mol. The van der Waals surface area contributed by atoms with Gasteiger partial charge in [-0.25, -0.2) is 13.1 Å². The minimum atomic E-state index is -3.46. The summed E-state index contributed by atoms with van der Waals surface area (Å²) in [7, 11) is -1.89. The average Bonchev–Trinajstić information content (AvgIpc) is 2.26. The Morgan fingerprint density at radius 2 is 1.78 bits per heavy atom. The highest BCUT2D eigenvalue weighted by molar-refractivity contribution is 7.89. The van der Waals surface area contributed by atoms with Crippen molar-refractivity contribution in [2.24, 2.45) is 0 Å². The lowest BCUT2D eigenvalue weighted by Gasteiger charge is -2.16. The summed E-state index contributed by atoms with van der Waals surface area (Å²) < 4.78 is 32.4. The first kappa shape index (κ1) is 15.0. The zero-order valence-corrected chi connectivity index (χ0v) is 12.4. The van der Waals surface area contributed by atoms with Crippen molar-refractivity contribution in [3.8, 4) is 5.75 Å². The van der Waals surface area contributed by atoms with E-state index < -0.39 is 10.0 Å². The molecule has 0 fully saturated rings. The first-order valence-electron chi connectivity index (χ1n) is 5.99. The molecule has 18 heavy (non-hydrogen) atoms. The number of hydrogen-bond donors (Lipinski definition) is 1. The van der Waals surface area contributed by atoms with E-state index in [1.807, 2.05) is 13.8 Å². The molecule has 1 atom stereocenters. The molecule has 0 aromatic heterocycles. The molecule has 1 rings (SSSR count). The molecule has 1 aromatic carbocycles. The Hall–Kier alpha value is -1.07. The van der Waals surface area contributed by atoms with Gasteiger partial charge in [0.1, 0.15) is 5.75 Å². The highest BCUT2D eigenvalue weighted by Crippen LogP contribution is 2.25. The van der Waals surface area contributed by atoms with Crippen molar-refractivity contribution in [1.29, 1.82) is 0 Å². The van der Waals surface area contributed by atoms with E-state index in [1.54, 1.807) is 33.1 Å². The number of benzene rings is 1. The lowest BCUT2D eigenvalue weighted by Crippen LogP contribution is -2.32. The Kier molecular flexibility index (Phi) is 4.76. The highest BCUT2D eigenvalue weighted by atomic mass is 32.2. The smallest absolute Gasteiger partial charge is 0.241 e. The van der Waals surface area contributed by atoms with Crippen molar-refractivity contribution in [2.75, 3.05) is 7.11 Å². The summed E-state index contributed by atoms with van der Waals surface area (Å²) in [4.78, 5) is 0.351. The van der Waals surface area contributed by atoms with Gasteiger partial charge < -0.3 is 4.74 Å². The zero-order chi connectivity index (χ0) is 13.9. The first-order valence-corrected chi connectivity index (χ1v) is 7.47.